The molecule has 1 aromatic carbocycles. The van der Waals surface area contributed by atoms with Crippen LogP contribution >= 0.6 is 15.9 Å². The van der Waals surface area contributed by atoms with Crippen LogP contribution in [0.25, 0.3) is 0 Å². The summed E-state index contributed by atoms with van der Waals surface area (Å²) in [5.41, 5.74) is 0.783. The van der Waals surface area contributed by atoms with Crippen LogP contribution in [0.4, 0.5) is 22.0 Å². The van der Waals surface area contributed by atoms with Crippen molar-refractivity contribution in [2.75, 3.05) is 0 Å². The molecule has 6 heteroatoms. The second kappa shape index (κ2) is 4.69. The van der Waals surface area contributed by atoms with Crippen LogP contribution in [-0.4, -0.2) is 12.1 Å². The van der Waals surface area contributed by atoms with E-state index < -0.39 is 18.5 Å². The molecule has 0 amide bonds. The number of hydrogen-bond acceptors (Lipinski definition) is 0. The van der Waals surface area contributed by atoms with Crippen LogP contribution in [0, 0.1) is 0 Å². The zero-order valence-electron chi connectivity index (χ0n) is 7.99. The Labute approximate surface area is 97.6 Å². The molecule has 0 bridgehead atoms. The number of alkyl halides is 6. The summed E-state index contributed by atoms with van der Waals surface area (Å²) in [6.07, 6.45) is -6.82. The Morgan fingerprint density at radius 2 is 1.31 bits per heavy atom. The van der Waals surface area contributed by atoms with Gasteiger partial charge in [-0.25, -0.2) is 0 Å². The molecule has 0 N–H and O–H groups in total. The van der Waals surface area contributed by atoms with E-state index in [-0.39, 0.29) is 5.56 Å². The number of hydrogen-bond donors (Lipinski definition) is 0. The lowest BCUT2D eigenvalue weighted by Gasteiger charge is -2.19. The largest absolute Gasteiger partial charge is 0.453 e. The minimum atomic E-state index is -5.50. The lowest BCUT2D eigenvalue weighted by Crippen LogP contribution is -2.38. The van der Waals surface area contributed by atoms with E-state index in [9.17, 15) is 22.0 Å². The summed E-state index contributed by atoms with van der Waals surface area (Å²) in [6.45, 7) is 0. The van der Waals surface area contributed by atoms with Gasteiger partial charge in [0.25, 0.3) is 0 Å². The first kappa shape index (κ1) is 13.4. The van der Waals surface area contributed by atoms with Gasteiger partial charge in [0.1, 0.15) is 0 Å². The average molecular weight is 303 g/mol. The third kappa shape index (κ3) is 3.17. The van der Waals surface area contributed by atoms with Crippen molar-refractivity contribution in [3.8, 4) is 0 Å². The summed E-state index contributed by atoms with van der Waals surface area (Å²) >= 11 is 3.15. The zero-order chi connectivity index (χ0) is 12.4. The molecule has 0 saturated heterocycles. The van der Waals surface area contributed by atoms with Crippen molar-refractivity contribution in [2.45, 2.75) is 23.8 Å². The van der Waals surface area contributed by atoms with Gasteiger partial charge in [-0.15, -0.1) is 0 Å². The second-order valence-corrected chi connectivity index (χ2v) is 3.89. The fraction of sp³-hybridized carbons (Fsp3) is 0.400. The monoisotopic (exact) mass is 302 g/mol. The maximum Gasteiger partial charge on any atom is 0.453 e. The van der Waals surface area contributed by atoms with E-state index in [1.54, 1.807) is 0 Å². The molecule has 0 radical (unpaired) electrons. The van der Waals surface area contributed by atoms with Gasteiger partial charge in [0.15, 0.2) is 0 Å². The quantitative estimate of drug-likeness (QED) is 0.576. The molecule has 0 aromatic heterocycles. The van der Waals surface area contributed by atoms with E-state index in [1.807, 2.05) is 0 Å². The molecule has 1 aromatic rings. The molecule has 16 heavy (non-hydrogen) atoms. The minimum absolute atomic E-state index is 0.0352. The standard InChI is InChI=1S/C10H8BrF5/c11-6-8-3-1-7(2-4-8)5-9(12,13)10(14,15)16/h1-4H,5-6H2. The van der Waals surface area contributed by atoms with Crippen molar-refractivity contribution in [2.24, 2.45) is 0 Å². The summed E-state index contributed by atoms with van der Waals surface area (Å²) in [4.78, 5) is 0. The SMILES string of the molecule is FC(F)(F)C(F)(F)Cc1ccc(CBr)cc1. The van der Waals surface area contributed by atoms with Crippen molar-refractivity contribution in [3.05, 3.63) is 35.4 Å². The second-order valence-electron chi connectivity index (χ2n) is 3.33. The fourth-order valence-corrected chi connectivity index (χ4v) is 1.48. The van der Waals surface area contributed by atoms with Crippen LogP contribution in [0.1, 0.15) is 11.1 Å². The van der Waals surface area contributed by atoms with Crippen LogP contribution in [0.15, 0.2) is 24.3 Å². The van der Waals surface area contributed by atoms with Crippen molar-refractivity contribution >= 4 is 15.9 Å². The highest BCUT2D eigenvalue weighted by Crippen LogP contribution is 2.37. The van der Waals surface area contributed by atoms with Crippen molar-refractivity contribution in [3.63, 3.8) is 0 Å². The topological polar surface area (TPSA) is 0 Å². The molecular formula is C10H8BrF5. The first-order valence-corrected chi connectivity index (χ1v) is 5.47. The summed E-state index contributed by atoms with van der Waals surface area (Å²) in [6, 6.07) is 5.57. The zero-order valence-corrected chi connectivity index (χ0v) is 9.58. The Balaban J connectivity index is 2.80. The maximum absolute atomic E-state index is 12.7. The molecule has 0 fully saturated rings. The fourth-order valence-electron chi connectivity index (χ4n) is 1.10. The van der Waals surface area contributed by atoms with E-state index in [4.69, 9.17) is 0 Å². The van der Waals surface area contributed by atoms with E-state index in [1.165, 1.54) is 24.3 Å². The molecular weight excluding hydrogens is 295 g/mol. The predicted molar refractivity (Wildman–Crippen MR) is 53.8 cm³/mol. The molecule has 90 valence electrons. The average Bonchev–Trinajstić information content (AvgIpc) is 2.16. The number of halogens is 6. The molecule has 1 rings (SSSR count). The van der Waals surface area contributed by atoms with Gasteiger partial charge in [0.05, 0.1) is 0 Å². The van der Waals surface area contributed by atoms with E-state index in [0.717, 1.165) is 5.56 Å². The Bertz CT molecular complexity index is 341. The van der Waals surface area contributed by atoms with Crippen molar-refractivity contribution in [1.29, 1.82) is 0 Å². The van der Waals surface area contributed by atoms with Gasteiger partial charge in [0, 0.05) is 11.8 Å². The van der Waals surface area contributed by atoms with Gasteiger partial charge in [-0.2, -0.15) is 22.0 Å². The van der Waals surface area contributed by atoms with Gasteiger partial charge in [0.2, 0.25) is 0 Å². The van der Waals surface area contributed by atoms with E-state index >= 15 is 0 Å². The summed E-state index contributed by atoms with van der Waals surface area (Å²) in [5.74, 6) is -4.68. The van der Waals surface area contributed by atoms with Gasteiger partial charge in [-0.3, -0.25) is 0 Å². The van der Waals surface area contributed by atoms with Gasteiger partial charge in [-0.1, -0.05) is 40.2 Å². The molecule has 0 atom stereocenters. The molecule has 0 nitrogen and oxygen atoms in total. The highest BCUT2D eigenvalue weighted by atomic mass is 79.9. The molecule has 0 aliphatic rings. The normalized spacial score (nSPS) is 12.9. The Morgan fingerprint density at radius 3 is 1.69 bits per heavy atom. The predicted octanol–water partition coefficient (Wildman–Crippen LogP) is 4.32. The molecule has 0 unspecified atom stereocenters. The van der Waals surface area contributed by atoms with Gasteiger partial charge < -0.3 is 0 Å². The highest BCUT2D eigenvalue weighted by Gasteiger charge is 2.56. The van der Waals surface area contributed by atoms with Crippen molar-refractivity contribution in [1.82, 2.24) is 0 Å². The van der Waals surface area contributed by atoms with Gasteiger partial charge >= 0.3 is 12.1 Å². The lowest BCUT2D eigenvalue weighted by atomic mass is 10.1. The molecule has 0 saturated carbocycles. The third-order valence-corrected chi connectivity index (χ3v) is 2.67. The van der Waals surface area contributed by atoms with Gasteiger partial charge in [-0.05, 0) is 11.1 Å². The molecule has 0 aliphatic heterocycles. The van der Waals surface area contributed by atoms with Crippen molar-refractivity contribution < 1.29 is 22.0 Å². The third-order valence-electron chi connectivity index (χ3n) is 2.02. The molecule has 0 heterocycles. The first-order chi connectivity index (χ1) is 7.26. The Kier molecular flexibility index (Phi) is 3.93. The van der Waals surface area contributed by atoms with E-state index in [2.05, 4.69) is 15.9 Å². The number of benzene rings is 1. The number of rotatable bonds is 3. The summed E-state index contributed by atoms with van der Waals surface area (Å²) in [5, 5.41) is 0.531. The van der Waals surface area contributed by atoms with Crippen LogP contribution in [0.3, 0.4) is 0 Å². The molecule has 0 spiro atoms. The lowest BCUT2D eigenvalue weighted by molar-refractivity contribution is -0.281. The first-order valence-electron chi connectivity index (χ1n) is 4.34. The van der Waals surface area contributed by atoms with Crippen LogP contribution < -0.4 is 0 Å². The Morgan fingerprint density at radius 1 is 0.875 bits per heavy atom. The van der Waals surface area contributed by atoms with Crippen LogP contribution in [-0.2, 0) is 11.8 Å². The molecule has 0 aliphatic carbocycles. The minimum Gasteiger partial charge on any atom is -0.196 e. The summed E-state index contributed by atoms with van der Waals surface area (Å²) in [7, 11) is 0. The van der Waals surface area contributed by atoms with Crippen LogP contribution in [0.2, 0.25) is 0 Å². The Hall–Kier alpha value is -0.650. The van der Waals surface area contributed by atoms with E-state index in [0.29, 0.717) is 5.33 Å². The maximum atomic E-state index is 12.7. The highest BCUT2D eigenvalue weighted by molar-refractivity contribution is 9.08. The summed E-state index contributed by atoms with van der Waals surface area (Å²) < 4.78 is 61.1. The smallest absolute Gasteiger partial charge is 0.196 e. The van der Waals surface area contributed by atoms with Crippen LogP contribution in [0.5, 0.6) is 0 Å².